The predicted molar refractivity (Wildman–Crippen MR) is 91.1 cm³/mol. The second kappa shape index (κ2) is 7.53. The first-order valence-electron chi connectivity index (χ1n) is 8.13. The molecule has 0 radical (unpaired) electrons. The van der Waals surface area contributed by atoms with Gasteiger partial charge in [0, 0.05) is 22.6 Å². The molecule has 2 aromatic heterocycles. The normalized spacial score (nSPS) is 12.2. The molecule has 2 N–H and O–H groups in total. The van der Waals surface area contributed by atoms with Gasteiger partial charge in [0.2, 0.25) is 5.91 Å². The lowest BCUT2D eigenvalue weighted by molar-refractivity contribution is -0.121. The van der Waals surface area contributed by atoms with Crippen LogP contribution in [0.5, 0.6) is 0 Å². The summed E-state index contributed by atoms with van der Waals surface area (Å²) in [6.07, 6.45) is 0.912. The fourth-order valence-corrected chi connectivity index (χ4v) is 2.64. The Labute approximate surface area is 142 Å². The number of hydrogen-bond donors (Lipinski definition) is 2. The first kappa shape index (κ1) is 18.1. The average molecular weight is 331 g/mol. The molecule has 0 aromatic carbocycles. The summed E-state index contributed by atoms with van der Waals surface area (Å²) in [6, 6.07) is 1.69. The molecule has 2 aromatic rings. The smallest absolute Gasteiger partial charge is 0.251 e. The van der Waals surface area contributed by atoms with Crippen LogP contribution < -0.4 is 5.32 Å². The maximum atomic E-state index is 12.2. The zero-order chi connectivity index (χ0) is 17.9. The molecule has 7 heteroatoms. The summed E-state index contributed by atoms with van der Waals surface area (Å²) < 4.78 is 1.68. The van der Waals surface area contributed by atoms with Gasteiger partial charge in [-0.2, -0.15) is 5.10 Å². The Morgan fingerprint density at radius 1 is 1.25 bits per heavy atom. The summed E-state index contributed by atoms with van der Waals surface area (Å²) in [5, 5.41) is 16.5. The van der Waals surface area contributed by atoms with Crippen LogP contribution in [0.4, 0.5) is 0 Å². The predicted octanol–water partition coefficient (Wildman–Crippen LogP) is 1.33. The number of hydrogen-bond acceptors (Lipinski definition) is 5. The second-order valence-electron chi connectivity index (χ2n) is 6.04. The number of amides is 1. The molecule has 2 heterocycles. The lowest BCUT2D eigenvalue weighted by atomic mass is 10.1. The number of carbonyl (C=O) groups is 1. The van der Waals surface area contributed by atoms with Crippen LogP contribution in [-0.4, -0.2) is 43.4 Å². The molecule has 2 rings (SSSR count). The van der Waals surface area contributed by atoms with Crippen molar-refractivity contribution >= 4 is 5.91 Å². The van der Waals surface area contributed by atoms with Crippen molar-refractivity contribution in [3.05, 3.63) is 34.4 Å². The number of aliphatic hydroxyl groups excluding tert-OH is 1. The van der Waals surface area contributed by atoms with Crippen molar-refractivity contribution in [1.29, 1.82) is 0 Å². The maximum Gasteiger partial charge on any atom is 0.251 e. The van der Waals surface area contributed by atoms with E-state index in [1.165, 1.54) is 0 Å². The van der Waals surface area contributed by atoms with Crippen molar-refractivity contribution in [2.45, 2.75) is 53.5 Å². The number of aliphatic hydroxyl groups is 1. The third-order valence-corrected chi connectivity index (χ3v) is 4.02. The Bertz CT molecular complexity index is 715. The number of aryl methyl sites for hydroxylation is 3. The molecule has 0 spiro atoms. The monoisotopic (exact) mass is 331 g/mol. The van der Waals surface area contributed by atoms with Gasteiger partial charge in [-0.25, -0.2) is 14.6 Å². The molecule has 0 saturated carbocycles. The van der Waals surface area contributed by atoms with Gasteiger partial charge >= 0.3 is 0 Å². The summed E-state index contributed by atoms with van der Waals surface area (Å²) >= 11 is 0. The van der Waals surface area contributed by atoms with Gasteiger partial charge in [0.1, 0.15) is 0 Å². The van der Waals surface area contributed by atoms with Crippen LogP contribution in [0.15, 0.2) is 6.07 Å². The highest BCUT2D eigenvalue weighted by molar-refractivity contribution is 5.79. The van der Waals surface area contributed by atoms with Crippen LogP contribution in [0.1, 0.15) is 41.7 Å². The van der Waals surface area contributed by atoms with E-state index in [0.29, 0.717) is 12.4 Å². The van der Waals surface area contributed by atoms with E-state index in [-0.39, 0.29) is 25.0 Å². The van der Waals surface area contributed by atoms with Crippen LogP contribution in [-0.2, 0) is 11.2 Å². The van der Waals surface area contributed by atoms with E-state index in [9.17, 15) is 9.90 Å². The van der Waals surface area contributed by atoms with E-state index in [2.05, 4.69) is 20.4 Å². The van der Waals surface area contributed by atoms with E-state index in [4.69, 9.17) is 0 Å². The highest BCUT2D eigenvalue weighted by Gasteiger charge is 2.18. The number of nitrogens with one attached hydrogen (secondary N) is 1. The fraction of sp³-hybridized carbons (Fsp3) is 0.529. The van der Waals surface area contributed by atoms with Crippen LogP contribution >= 0.6 is 0 Å². The molecule has 0 aliphatic rings. The average Bonchev–Trinajstić information content (AvgIpc) is 2.79. The zero-order valence-electron chi connectivity index (χ0n) is 14.9. The Balaban J connectivity index is 2.27. The van der Waals surface area contributed by atoms with Gasteiger partial charge in [-0.05, 0) is 40.2 Å². The molecule has 0 saturated heterocycles. The first-order valence-corrected chi connectivity index (χ1v) is 8.13. The Hall–Kier alpha value is -2.28. The number of rotatable bonds is 6. The molecule has 130 valence electrons. The molecule has 0 aliphatic carbocycles. The largest absolute Gasteiger partial charge is 0.394 e. The maximum absolute atomic E-state index is 12.2. The van der Waals surface area contributed by atoms with Gasteiger partial charge in [0.15, 0.2) is 0 Å². The van der Waals surface area contributed by atoms with Gasteiger partial charge in [0.25, 0.3) is 5.95 Å². The second-order valence-corrected chi connectivity index (χ2v) is 6.04. The first-order chi connectivity index (χ1) is 11.3. The van der Waals surface area contributed by atoms with Gasteiger partial charge in [-0.3, -0.25) is 4.79 Å². The molecular weight excluding hydrogens is 306 g/mol. The number of carbonyl (C=O) groups excluding carboxylic acids is 1. The molecule has 0 fully saturated rings. The molecule has 1 unspecified atom stereocenters. The van der Waals surface area contributed by atoms with E-state index >= 15 is 0 Å². The minimum Gasteiger partial charge on any atom is -0.394 e. The highest BCUT2D eigenvalue weighted by Crippen LogP contribution is 2.17. The molecule has 24 heavy (non-hydrogen) atoms. The SMILES string of the molecule is CCC(CO)NC(=O)Cc1c(C)nn(-c2nc(C)cc(C)n2)c1C. The van der Waals surface area contributed by atoms with Crippen LogP contribution in [0.2, 0.25) is 0 Å². The van der Waals surface area contributed by atoms with Gasteiger partial charge in [-0.15, -0.1) is 0 Å². The third-order valence-electron chi connectivity index (χ3n) is 4.02. The molecule has 1 atom stereocenters. The topological polar surface area (TPSA) is 92.9 Å². The standard InChI is InChI=1S/C17H25N5O2/c1-6-14(9-23)20-16(24)8-15-12(4)21-22(13(15)5)17-18-10(2)7-11(3)19-17/h7,14,23H,6,8-9H2,1-5H3,(H,20,24). The molecule has 0 aliphatic heterocycles. The summed E-state index contributed by atoms with van der Waals surface area (Å²) in [5.41, 5.74) is 4.24. The summed E-state index contributed by atoms with van der Waals surface area (Å²) in [7, 11) is 0. The van der Waals surface area contributed by atoms with Crippen molar-refractivity contribution < 1.29 is 9.90 Å². The summed E-state index contributed by atoms with van der Waals surface area (Å²) in [6.45, 7) is 9.48. The lowest BCUT2D eigenvalue weighted by Crippen LogP contribution is -2.38. The third kappa shape index (κ3) is 3.97. The van der Waals surface area contributed by atoms with Crippen molar-refractivity contribution in [3.8, 4) is 5.95 Å². The minimum atomic E-state index is -0.212. The van der Waals surface area contributed by atoms with Crippen molar-refractivity contribution in [2.24, 2.45) is 0 Å². The van der Waals surface area contributed by atoms with E-state index in [0.717, 1.165) is 28.3 Å². The molecular formula is C17H25N5O2. The van der Waals surface area contributed by atoms with E-state index in [1.807, 2.05) is 40.7 Å². The quantitative estimate of drug-likeness (QED) is 0.833. The summed E-state index contributed by atoms with van der Waals surface area (Å²) in [4.78, 5) is 21.1. The summed E-state index contributed by atoms with van der Waals surface area (Å²) in [5.74, 6) is 0.393. The van der Waals surface area contributed by atoms with E-state index < -0.39 is 0 Å². The number of aromatic nitrogens is 4. The molecule has 7 nitrogen and oxygen atoms in total. The molecule has 0 bridgehead atoms. The van der Waals surface area contributed by atoms with E-state index in [1.54, 1.807) is 4.68 Å². The minimum absolute atomic E-state index is 0.0596. The Morgan fingerprint density at radius 3 is 2.42 bits per heavy atom. The lowest BCUT2D eigenvalue weighted by Gasteiger charge is -2.14. The van der Waals surface area contributed by atoms with Gasteiger partial charge < -0.3 is 10.4 Å². The van der Waals surface area contributed by atoms with Gasteiger partial charge in [-0.1, -0.05) is 6.92 Å². The Kier molecular flexibility index (Phi) is 5.66. The van der Waals surface area contributed by atoms with Crippen molar-refractivity contribution in [1.82, 2.24) is 25.1 Å². The highest BCUT2D eigenvalue weighted by atomic mass is 16.3. The van der Waals surface area contributed by atoms with Crippen molar-refractivity contribution in [2.75, 3.05) is 6.61 Å². The van der Waals surface area contributed by atoms with Crippen molar-refractivity contribution in [3.63, 3.8) is 0 Å². The fourth-order valence-electron chi connectivity index (χ4n) is 2.64. The molecule has 1 amide bonds. The zero-order valence-corrected chi connectivity index (χ0v) is 14.9. The Morgan fingerprint density at radius 2 is 1.88 bits per heavy atom. The number of nitrogens with zero attached hydrogens (tertiary/aromatic N) is 4. The van der Waals surface area contributed by atoms with Gasteiger partial charge in [0.05, 0.1) is 24.8 Å². The van der Waals surface area contributed by atoms with Crippen LogP contribution in [0, 0.1) is 27.7 Å². The van der Waals surface area contributed by atoms with Crippen LogP contribution in [0.3, 0.4) is 0 Å². The van der Waals surface area contributed by atoms with Crippen LogP contribution in [0.25, 0.3) is 5.95 Å².